The van der Waals surface area contributed by atoms with Crippen molar-refractivity contribution in [3.05, 3.63) is 23.8 Å². The van der Waals surface area contributed by atoms with Gasteiger partial charge in [-0.15, -0.1) is 24.0 Å². The average molecular weight is 518 g/mol. The van der Waals surface area contributed by atoms with E-state index in [9.17, 15) is 0 Å². The predicted octanol–water partition coefficient (Wildman–Crippen LogP) is 2.24. The molecule has 1 unspecified atom stereocenters. The molecule has 1 N–H and O–H groups in total. The monoisotopic (exact) mass is 518 g/mol. The number of benzene rings is 1. The molecule has 0 spiro atoms. The Hall–Kier alpha value is -1.26. The van der Waals surface area contributed by atoms with Gasteiger partial charge in [-0.25, -0.2) is 0 Å². The summed E-state index contributed by atoms with van der Waals surface area (Å²) in [7, 11) is 3.39. The van der Waals surface area contributed by atoms with Gasteiger partial charge in [-0.1, -0.05) is 0 Å². The number of guanidine groups is 1. The molecule has 8 heteroatoms. The highest BCUT2D eigenvalue weighted by Crippen LogP contribution is 2.24. The highest BCUT2D eigenvalue weighted by atomic mass is 127. The molecule has 0 aromatic heterocycles. The summed E-state index contributed by atoms with van der Waals surface area (Å²) >= 11 is 0. The van der Waals surface area contributed by atoms with E-state index in [1.54, 1.807) is 14.2 Å². The van der Waals surface area contributed by atoms with E-state index in [1.165, 1.54) is 6.42 Å². The third-order valence-electron chi connectivity index (χ3n) is 5.49. The Balaban J connectivity index is 0.00000300. The van der Waals surface area contributed by atoms with E-state index in [4.69, 9.17) is 19.2 Å². The van der Waals surface area contributed by atoms with Crippen LogP contribution in [0.5, 0.6) is 11.5 Å². The van der Waals surface area contributed by atoms with E-state index in [2.05, 4.69) is 22.0 Å². The van der Waals surface area contributed by atoms with Crippen molar-refractivity contribution in [2.24, 2.45) is 4.99 Å². The van der Waals surface area contributed by atoms with Gasteiger partial charge in [0, 0.05) is 45.3 Å². The topological polar surface area (TPSA) is 58.6 Å². The predicted molar refractivity (Wildman–Crippen MR) is 127 cm³/mol. The van der Waals surface area contributed by atoms with Crippen LogP contribution >= 0.6 is 24.0 Å². The van der Waals surface area contributed by atoms with Gasteiger partial charge in [-0.3, -0.25) is 9.89 Å². The Labute approximate surface area is 191 Å². The lowest BCUT2D eigenvalue weighted by molar-refractivity contribution is 0.0195. The van der Waals surface area contributed by atoms with Crippen molar-refractivity contribution in [2.45, 2.75) is 25.8 Å². The molecule has 2 fully saturated rings. The third-order valence-corrected chi connectivity index (χ3v) is 5.49. The van der Waals surface area contributed by atoms with Gasteiger partial charge in [0.05, 0.1) is 27.4 Å². The second-order valence-corrected chi connectivity index (χ2v) is 7.20. The fourth-order valence-electron chi connectivity index (χ4n) is 3.96. The van der Waals surface area contributed by atoms with Crippen LogP contribution in [-0.4, -0.2) is 88.5 Å². The minimum Gasteiger partial charge on any atom is -0.497 e. The van der Waals surface area contributed by atoms with E-state index in [1.807, 2.05) is 18.2 Å². The molecule has 7 nitrogen and oxygen atoms in total. The van der Waals surface area contributed by atoms with Gasteiger partial charge in [-0.2, -0.15) is 0 Å². The Bertz CT molecular complexity index is 653. The third kappa shape index (κ3) is 6.62. The summed E-state index contributed by atoms with van der Waals surface area (Å²) in [5.74, 6) is 2.74. The Morgan fingerprint density at radius 2 is 2.00 bits per heavy atom. The number of hydrogen-bond acceptors (Lipinski definition) is 5. The molecule has 0 bridgehead atoms. The summed E-state index contributed by atoms with van der Waals surface area (Å²) in [6, 6.07) is 6.51. The van der Waals surface area contributed by atoms with Crippen molar-refractivity contribution in [2.75, 3.05) is 66.7 Å². The summed E-state index contributed by atoms with van der Waals surface area (Å²) in [6.45, 7) is 9.59. The molecule has 2 aliphatic heterocycles. The van der Waals surface area contributed by atoms with Crippen molar-refractivity contribution in [3.63, 3.8) is 0 Å². The maximum Gasteiger partial charge on any atom is 0.193 e. The number of aliphatic imine (C=N–C) groups is 1. The molecule has 0 saturated carbocycles. The van der Waals surface area contributed by atoms with Crippen molar-refractivity contribution in [1.82, 2.24) is 15.1 Å². The summed E-state index contributed by atoms with van der Waals surface area (Å²) in [4.78, 5) is 9.85. The molecule has 0 radical (unpaired) electrons. The highest BCUT2D eigenvalue weighted by Gasteiger charge is 2.30. The van der Waals surface area contributed by atoms with Crippen LogP contribution < -0.4 is 14.8 Å². The standard InChI is InChI=1S/C21H34N4O3.HI/c1-4-22-21(25-10-8-18(16-25)24-11-13-28-14-12-24)23-9-7-17-15-19(26-2)5-6-20(17)27-3;/h5-6,15,18H,4,7-14,16H2,1-3H3,(H,22,23);1H. The number of ether oxygens (including phenoxy) is 3. The molecule has 0 amide bonds. The number of halogens is 1. The van der Waals surface area contributed by atoms with Crippen LogP contribution in [0.2, 0.25) is 0 Å². The molecule has 3 rings (SSSR count). The van der Waals surface area contributed by atoms with Crippen LogP contribution in [0.15, 0.2) is 23.2 Å². The fourth-order valence-corrected chi connectivity index (χ4v) is 3.96. The molecule has 1 aromatic carbocycles. The number of morpholine rings is 1. The Morgan fingerprint density at radius 3 is 2.69 bits per heavy atom. The molecule has 29 heavy (non-hydrogen) atoms. The van der Waals surface area contributed by atoms with Crippen LogP contribution in [0.4, 0.5) is 0 Å². The normalized spacial score (nSPS) is 20.3. The largest absolute Gasteiger partial charge is 0.497 e. The van der Waals surface area contributed by atoms with Gasteiger partial charge in [0.25, 0.3) is 0 Å². The van der Waals surface area contributed by atoms with Gasteiger partial charge in [0.15, 0.2) is 5.96 Å². The van der Waals surface area contributed by atoms with Crippen LogP contribution in [-0.2, 0) is 11.2 Å². The first kappa shape index (κ1) is 24.0. The minimum absolute atomic E-state index is 0. The highest BCUT2D eigenvalue weighted by molar-refractivity contribution is 14.0. The number of nitrogens with zero attached hydrogens (tertiary/aromatic N) is 3. The lowest BCUT2D eigenvalue weighted by Crippen LogP contribution is -2.46. The van der Waals surface area contributed by atoms with E-state index in [-0.39, 0.29) is 24.0 Å². The van der Waals surface area contributed by atoms with Crippen LogP contribution in [0.3, 0.4) is 0 Å². The molecule has 1 atom stereocenters. The first-order chi connectivity index (χ1) is 13.7. The number of methoxy groups -OCH3 is 2. The Kier molecular flexibility index (Phi) is 10.3. The van der Waals surface area contributed by atoms with Gasteiger partial charge in [-0.05, 0) is 43.5 Å². The average Bonchev–Trinajstić information content (AvgIpc) is 3.24. The van der Waals surface area contributed by atoms with Crippen LogP contribution in [0, 0.1) is 0 Å². The molecule has 1 aromatic rings. The Morgan fingerprint density at radius 1 is 1.21 bits per heavy atom. The molecule has 164 valence electrons. The van der Waals surface area contributed by atoms with Crippen molar-refractivity contribution < 1.29 is 14.2 Å². The summed E-state index contributed by atoms with van der Waals surface area (Å²) < 4.78 is 16.3. The fraction of sp³-hybridized carbons (Fsp3) is 0.667. The zero-order valence-electron chi connectivity index (χ0n) is 17.9. The summed E-state index contributed by atoms with van der Waals surface area (Å²) in [5.41, 5.74) is 1.12. The molecule has 0 aliphatic carbocycles. The summed E-state index contributed by atoms with van der Waals surface area (Å²) in [5, 5.41) is 3.46. The van der Waals surface area contributed by atoms with Crippen molar-refractivity contribution in [3.8, 4) is 11.5 Å². The molecule has 2 heterocycles. The zero-order chi connectivity index (χ0) is 19.8. The first-order valence-electron chi connectivity index (χ1n) is 10.3. The van der Waals surface area contributed by atoms with Crippen LogP contribution in [0.25, 0.3) is 0 Å². The quantitative estimate of drug-likeness (QED) is 0.340. The maximum atomic E-state index is 5.49. The first-order valence-corrected chi connectivity index (χ1v) is 10.3. The lowest BCUT2D eigenvalue weighted by Gasteiger charge is -2.32. The molecule has 2 aliphatic rings. The molecular weight excluding hydrogens is 483 g/mol. The minimum atomic E-state index is 0. The van der Waals surface area contributed by atoms with E-state index in [0.717, 1.165) is 75.4 Å². The van der Waals surface area contributed by atoms with Crippen molar-refractivity contribution in [1.29, 1.82) is 0 Å². The van der Waals surface area contributed by atoms with Gasteiger partial charge < -0.3 is 24.4 Å². The number of hydrogen-bond donors (Lipinski definition) is 1. The van der Waals surface area contributed by atoms with Crippen LogP contribution in [0.1, 0.15) is 18.9 Å². The van der Waals surface area contributed by atoms with Gasteiger partial charge in [0.1, 0.15) is 11.5 Å². The number of nitrogens with one attached hydrogen (secondary N) is 1. The smallest absolute Gasteiger partial charge is 0.193 e. The maximum absolute atomic E-state index is 5.49. The van der Waals surface area contributed by atoms with E-state index in [0.29, 0.717) is 12.6 Å². The summed E-state index contributed by atoms with van der Waals surface area (Å²) in [6.07, 6.45) is 2.00. The zero-order valence-corrected chi connectivity index (χ0v) is 20.2. The number of likely N-dealkylation sites (tertiary alicyclic amines) is 1. The van der Waals surface area contributed by atoms with Gasteiger partial charge >= 0.3 is 0 Å². The number of rotatable bonds is 7. The molecular formula is C21H35IN4O3. The van der Waals surface area contributed by atoms with Crippen molar-refractivity contribution >= 4 is 29.9 Å². The van der Waals surface area contributed by atoms with Gasteiger partial charge in [0.2, 0.25) is 0 Å². The second-order valence-electron chi connectivity index (χ2n) is 7.20. The van der Waals surface area contributed by atoms with E-state index >= 15 is 0 Å². The lowest BCUT2D eigenvalue weighted by atomic mass is 10.1. The molecule has 2 saturated heterocycles. The van der Waals surface area contributed by atoms with E-state index < -0.39 is 0 Å². The SMILES string of the molecule is CCNC(=NCCc1cc(OC)ccc1OC)N1CCC(N2CCOCC2)C1.I. The second kappa shape index (κ2) is 12.4.